The first-order chi connectivity index (χ1) is 9.56. The molecular weight excluding hydrogens is 268 g/mol. The van der Waals surface area contributed by atoms with E-state index in [0.717, 1.165) is 29.3 Å². The number of nitrogens with one attached hydrogen (secondary N) is 1. The predicted octanol–water partition coefficient (Wildman–Crippen LogP) is 4.18. The van der Waals surface area contributed by atoms with E-state index in [9.17, 15) is 4.79 Å². The number of carbonyl (C=O) groups excluding carboxylic acids is 1. The van der Waals surface area contributed by atoms with Crippen molar-refractivity contribution in [1.29, 1.82) is 0 Å². The van der Waals surface area contributed by atoms with Gasteiger partial charge < -0.3 is 11.1 Å². The molecule has 3 N–H and O–H groups in total. The molecule has 0 radical (unpaired) electrons. The van der Waals surface area contributed by atoms with Crippen molar-refractivity contribution in [2.24, 2.45) is 0 Å². The largest absolute Gasteiger partial charge is 0.397 e. The summed E-state index contributed by atoms with van der Waals surface area (Å²) in [7, 11) is 0. The molecule has 0 fully saturated rings. The van der Waals surface area contributed by atoms with E-state index in [1.165, 1.54) is 11.3 Å². The molecule has 0 saturated heterocycles. The van der Waals surface area contributed by atoms with Gasteiger partial charge in [0.05, 0.1) is 5.69 Å². The lowest BCUT2D eigenvalue weighted by Crippen LogP contribution is -2.47. The lowest BCUT2D eigenvalue weighted by atomic mass is 9.89. The standard InChI is InChI=1S/C16H22N2OS/c1-4-16(5-2,6-3)18-15(19)14-13(17)11-9-7-8-10-12(11)20-14/h7-10H,4-6,17H2,1-3H3,(H,18,19). The third kappa shape index (κ3) is 2.52. The summed E-state index contributed by atoms with van der Waals surface area (Å²) in [6, 6.07) is 7.88. The summed E-state index contributed by atoms with van der Waals surface area (Å²) in [4.78, 5) is 13.2. The molecule has 108 valence electrons. The van der Waals surface area contributed by atoms with Gasteiger partial charge >= 0.3 is 0 Å². The van der Waals surface area contributed by atoms with E-state index < -0.39 is 0 Å². The van der Waals surface area contributed by atoms with Crippen LogP contribution in [0.25, 0.3) is 10.1 Å². The zero-order chi connectivity index (χ0) is 14.8. The molecule has 2 aromatic rings. The van der Waals surface area contributed by atoms with Gasteiger partial charge in [-0.25, -0.2) is 0 Å². The first-order valence-electron chi connectivity index (χ1n) is 7.16. The van der Waals surface area contributed by atoms with Gasteiger partial charge in [-0.1, -0.05) is 39.0 Å². The topological polar surface area (TPSA) is 55.1 Å². The number of nitrogens with two attached hydrogens (primary N) is 1. The van der Waals surface area contributed by atoms with Crippen LogP contribution < -0.4 is 11.1 Å². The minimum absolute atomic E-state index is 0.0470. The van der Waals surface area contributed by atoms with Crippen LogP contribution in [0.2, 0.25) is 0 Å². The molecule has 4 heteroatoms. The number of amides is 1. The number of hydrogen-bond donors (Lipinski definition) is 2. The third-order valence-corrected chi connectivity index (χ3v) is 5.43. The summed E-state index contributed by atoms with van der Waals surface area (Å²) in [6.45, 7) is 6.34. The molecule has 1 heterocycles. The van der Waals surface area contributed by atoms with Gasteiger partial charge in [-0.05, 0) is 25.3 Å². The highest BCUT2D eigenvalue weighted by molar-refractivity contribution is 7.21. The van der Waals surface area contributed by atoms with Gasteiger partial charge in [0, 0.05) is 15.6 Å². The van der Waals surface area contributed by atoms with Gasteiger partial charge in [-0.2, -0.15) is 0 Å². The number of rotatable bonds is 5. The monoisotopic (exact) mass is 290 g/mol. The smallest absolute Gasteiger partial charge is 0.263 e. The lowest BCUT2D eigenvalue weighted by Gasteiger charge is -2.31. The molecule has 0 aliphatic carbocycles. The Bertz CT molecular complexity index is 606. The second-order valence-corrected chi connectivity index (χ2v) is 6.19. The Hall–Kier alpha value is -1.55. The Kier molecular flexibility index (Phi) is 4.33. The van der Waals surface area contributed by atoms with Gasteiger partial charge in [0.2, 0.25) is 0 Å². The van der Waals surface area contributed by atoms with Crippen molar-refractivity contribution < 1.29 is 4.79 Å². The second kappa shape index (κ2) is 5.83. The number of benzene rings is 1. The van der Waals surface area contributed by atoms with Crippen molar-refractivity contribution in [3.8, 4) is 0 Å². The molecule has 1 aromatic heterocycles. The highest BCUT2D eigenvalue weighted by Gasteiger charge is 2.28. The Balaban J connectivity index is 2.34. The molecule has 0 saturated carbocycles. The number of nitrogen functional groups attached to an aromatic ring is 1. The Morgan fingerprint density at radius 2 is 1.80 bits per heavy atom. The van der Waals surface area contributed by atoms with Gasteiger partial charge in [-0.15, -0.1) is 11.3 Å². The molecular formula is C16H22N2OS. The molecule has 1 amide bonds. The molecule has 0 spiro atoms. The average molecular weight is 290 g/mol. The number of carbonyl (C=O) groups is 1. The van der Waals surface area contributed by atoms with Gasteiger partial charge in [0.15, 0.2) is 0 Å². The van der Waals surface area contributed by atoms with Crippen molar-refractivity contribution >= 4 is 33.0 Å². The Labute approximate surface area is 124 Å². The van der Waals surface area contributed by atoms with Crippen molar-refractivity contribution in [2.75, 3.05) is 5.73 Å². The number of fused-ring (bicyclic) bond motifs is 1. The van der Waals surface area contributed by atoms with Crippen LogP contribution in [0.5, 0.6) is 0 Å². The number of hydrogen-bond acceptors (Lipinski definition) is 3. The normalized spacial score (nSPS) is 11.8. The maximum Gasteiger partial charge on any atom is 0.263 e. The summed E-state index contributed by atoms with van der Waals surface area (Å²) in [5, 5.41) is 4.16. The molecule has 1 aromatic carbocycles. The maximum atomic E-state index is 12.5. The predicted molar refractivity (Wildman–Crippen MR) is 87.3 cm³/mol. The molecule has 0 aliphatic rings. The summed E-state index contributed by atoms with van der Waals surface area (Å²) in [5.41, 5.74) is 6.60. The van der Waals surface area contributed by atoms with Gasteiger partial charge in [-0.3, -0.25) is 4.79 Å². The first kappa shape index (κ1) is 14.9. The van der Waals surface area contributed by atoms with Crippen molar-refractivity contribution in [3.05, 3.63) is 29.1 Å². The minimum Gasteiger partial charge on any atom is -0.397 e. The number of anilines is 1. The van der Waals surface area contributed by atoms with E-state index in [1.807, 2.05) is 24.3 Å². The molecule has 0 unspecified atom stereocenters. The highest BCUT2D eigenvalue weighted by Crippen LogP contribution is 2.34. The van der Waals surface area contributed by atoms with Crippen LogP contribution in [0.15, 0.2) is 24.3 Å². The molecule has 0 bridgehead atoms. The lowest BCUT2D eigenvalue weighted by molar-refractivity contribution is 0.0893. The van der Waals surface area contributed by atoms with Crippen molar-refractivity contribution in [1.82, 2.24) is 5.32 Å². The van der Waals surface area contributed by atoms with Gasteiger partial charge in [0.25, 0.3) is 5.91 Å². The Morgan fingerprint density at radius 3 is 2.35 bits per heavy atom. The summed E-state index contributed by atoms with van der Waals surface area (Å²) in [5.74, 6) is -0.0470. The summed E-state index contributed by atoms with van der Waals surface area (Å²) >= 11 is 1.47. The van der Waals surface area contributed by atoms with Crippen LogP contribution in [0, 0.1) is 0 Å². The summed E-state index contributed by atoms with van der Waals surface area (Å²) in [6.07, 6.45) is 2.78. The van der Waals surface area contributed by atoms with E-state index in [1.54, 1.807) is 0 Å². The fourth-order valence-electron chi connectivity index (χ4n) is 2.55. The zero-order valence-electron chi connectivity index (χ0n) is 12.3. The van der Waals surface area contributed by atoms with E-state index in [4.69, 9.17) is 5.73 Å². The van der Waals surface area contributed by atoms with Crippen LogP contribution in [0.4, 0.5) is 5.69 Å². The van der Waals surface area contributed by atoms with E-state index in [-0.39, 0.29) is 11.4 Å². The maximum absolute atomic E-state index is 12.5. The fourth-order valence-corrected chi connectivity index (χ4v) is 3.56. The molecule has 0 aliphatic heterocycles. The second-order valence-electron chi connectivity index (χ2n) is 5.14. The molecule has 0 atom stereocenters. The number of thiophene rings is 1. The van der Waals surface area contributed by atoms with Crippen molar-refractivity contribution in [3.63, 3.8) is 0 Å². The fraction of sp³-hybridized carbons (Fsp3) is 0.438. The van der Waals surface area contributed by atoms with E-state index in [2.05, 4.69) is 26.1 Å². The van der Waals surface area contributed by atoms with Gasteiger partial charge in [0.1, 0.15) is 4.88 Å². The van der Waals surface area contributed by atoms with Crippen LogP contribution in [0.3, 0.4) is 0 Å². The van der Waals surface area contributed by atoms with Crippen LogP contribution >= 0.6 is 11.3 Å². The Morgan fingerprint density at radius 1 is 1.20 bits per heavy atom. The first-order valence-corrected chi connectivity index (χ1v) is 7.98. The van der Waals surface area contributed by atoms with Crippen LogP contribution in [-0.2, 0) is 0 Å². The van der Waals surface area contributed by atoms with Crippen LogP contribution in [-0.4, -0.2) is 11.4 Å². The van der Waals surface area contributed by atoms with Crippen LogP contribution in [0.1, 0.15) is 49.7 Å². The molecule has 2 rings (SSSR count). The quantitative estimate of drug-likeness (QED) is 0.867. The summed E-state index contributed by atoms with van der Waals surface area (Å²) < 4.78 is 1.06. The van der Waals surface area contributed by atoms with Crippen molar-refractivity contribution in [2.45, 2.75) is 45.6 Å². The van der Waals surface area contributed by atoms with E-state index in [0.29, 0.717) is 10.6 Å². The average Bonchev–Trinajstić information content (AvgIpc) is 2.83. The minimum atomic E-state index is -0.125. The SMILES string of the molecule is CCC(CC)(CC)NC(=O)c1sc2ccccc2c1N. The van der Waals surface area contributed by atoms with E-state index >= 15 is 0 Å². The highest BCUT2D eigenvalue weighted by atomic mass is 32.1. The molecule has 3 nitrogen and oxygen atoms in total. The zero-order valence-corrected chi connectivity index (χ0v) is 13.1. The third-order valence-electron chi connectivity index (χ3n) is 4.25. The molecule has 20 heavy (non-hydrogen) atoms.